The number of nitrogens with zero attached hydrogens (tertiary/aromatic N) is 4. The summed E-state index contributed by atoms with van der Waals surface area (Å²) in [6.45, 7) is 1.15. The zero-order valence-electron chi connectivity index (χ0n) is 15.5. The molecule has 29 heavy (non-hydrogen) atoms. The standard InChI is InChI=1S/C21H18FN5O2/c22-17-9-14(10-23)5-6-18(17)29-19-12-25-26-20(19)16-4-2-8-27(13-16)21(28)15-3-1-7-24-11-15/h1,3,5-7,9,11-12,16H,2,4,8,13H2,(H,25,26). The van der Waals surface area contributed by atoms with Crippen molar-refractivity contribution < 1.29 is 13.9 Å². The molecule has 0 aliphatic carbocycles. The second-order valence-corrected chi connectivity index (χ2v) is 6.83. The third kappa shape index (κ3) is 3.94. The van der Waals surface area contributed by atoms with E-state index in [4.69, 9.17) is 10.00 Å². The lowest BCUT2D eigenvalue weighted by molar-refractivity contribution is 0.0704. The smallest absolute Gasteiger partial charge is 0.255 e. The topological polar surface area (TPSA) is 94.9 Å². The summed E-state index contributed by atoms with van der Waals surface area (Å²) in [5, 5.41) is 15.9. The van der Waals surface area contributed by atoms with Gasteiger partial charge in [0.15, 0.2) is 17.3 Å². The molecule has 0 saturated carbocycles. The maximum absolute atomic E-state index is 14.2. The van der Waals surface area contributed by atoms with Gasteiger partial charge >= 0.3 is 0 Å². The van der Waals surface area contributed by atoms with Crippen molar-refractivity contribution in [2.75, 3.05) is 13.1 Å². The van der Waals surface area contributed by atoms with Gasteiger partial charge in [0.25, 0.3) is 5.91 Å². The summed E-state index contributed by atoms with van der Waals surface area (Å²) in [4.78, 5) is 18.5. The molecule has 1 aliphatic rings. The van der Waals surface area contributed by atoms with Crippen molar-refractivity contribution in [3.8, 4) is 17.6 Å². The summed E-state index contributed by atoms with van der Waals surface area (Å²) in [5.74, 6) is -0.292. The number of H-pyrrole nitrogens is 1. The molecule has 1 aliphatic heterocycles. The van der Waals surface area contributed by atoms with Gasteiger partial charge in [-0.1, -0.05) is 0 Å². The van der Waals surface area contributed by atoms with Gasteiger partial charge in [0.1, 0.15) is 5.69 Å². The lowest BCUT2D eigenvalue weighted by atomic mass is 9.94. The van der Waals surface area contributed by atoms with E-state index >= 15 is 0 Å². The number of hydrogen-bond donors (Lipinski definition) is 1. The van der Waals surface area contributed by atoms with Crippen LogP contribution in [0.15, 0.2) is 48.9 Å². The summed E-state index contributed by atoms with van der Waals surface area (Å²) in [6, 6.07) is 9.41. The van der Waals surface area contributed by atoms with Crippen LogP contribution in [0.25, 0.3) is 0 Å². The van der Waals surface area contributed by atoms with E-state index in [1.54, 1.807) is 35.6 Å². The number of piperidine rings is 1. The molecule has 8 heteroatoms. The number of aromatic amines is 1. The van der Waals surface area contributed by atoms with Crippen LogP contribution in [0, 0.1) is 17.1 Å². The molecule has 7 nitrogen and oxygen atoms in total. The fourth-order valence-electron chi connectivity index (χ4n) is 3.49. The predicted molar refractivity (Wildman–Crippen MR) is 102 cm³/mol. The highest BCUT2D eigenvalue weighted by atomic mass is 19.1. The monoisotopic (exact) mass is 391 g/mol. The molecule has 1 saturated heterocycles. The number of aromatic nitrogens is 3. The third-order valence-corrected chi connectivity index (χ3v) is 4.92. The van der Waals surface area contributed by atoms with Crippen LogP contribution in [-0.4, -0.2) is 39.1 Å². The van der Waals surface area contributed by atoms with Gasteiger partial charge in [-0.05, 0) is 43.2 Å². The van der Waals surface area contributed by atoms with Crippen LogP contribution in [0.3, 0.4) is 0 Å². The Labute approximate surface area is 166 Å². The molecule has 2 aromatic heterocycles. The van der Waals surface area contributed by atoms with Crippen molar-refractivity contribution in [3.63, 3.8) is 0 Å². The molecule has 1 fully saturated rings. The van der Waals surface area contributed by atoms with Gasteiger partial charge < -0.3 is 9.64 Å². The summed E-state index contributed by atoms with van der Waals surface area (Å²) in [5.41, 5.74) is 1.42. The van der Waals surface area contributed by atoms with Crippen LogP contribution in [0.1, 0.15) is 40.4 Å². The van der Waals surface area contributed by atoms with Gasteiger partial charge in [-0.2, -0.15) is 10.4 Å². The third-order valence-electron chi connectivity index (χ3n) is 4.92. The van der Waals surface area contributed by atoms with E-state index in [-0.39, 0.29) is 23.1 Å². The summed E-state index contributed by atoms with van der Waals surface area (Å²) in [7, 11) is 0. The number of carbonyl (C=O) groups is 1. The van der Waals surface area contributed by atoms with Gasteiger partial charge in [0.05, 0.1) is 23.4 Å². The molecule has 1 amide bonds. The maximum atomic E-state index is 14.2. The summed E-state index contributed by atoms with van der Waals surface area (Å²) < 4.78 is 19.9. The number of rotatable bonds is 4. The van der Waals surface area contributed by atoms with Gasteiger partial charge in [-0.25, -0.2) is 4.39 Å². The number of halogens is 1. The van der Waals surface area contributed by atoms with E-state index in [0.29, 0.717) is 30.1 Å². The van der Waals surface area contributed by atoms with Crippen molar-refractivity contribution in [1.82, 2.24) is 20.1 Å². The molecule has 1 unspecified atom stereocenters. The molecule has 0 radical (unpaired) electrons. The first-order valence-corrected chi connectivity index (χ1v) is 9.26. The van der Waals surface area contributed by atoms with Crippen molar-refractivity contribution in [2.24, 2.45) is 0 Å². The molecule has 4 rings (SSSR count). The average molecular weight is 391 g/mol. The Hall–Kier alpha value is -3.73. The molecule has 3 heterocycles. The zero-order valence-corrected chi connectivity index (χ0v) is 15.5. The van der Waals surface area contributed by atoms with Crippen LogP contribution in [-0.2, 0) is 0 Å². The maximum Gasteiger partial charge on any atom is 0.255 e. The first-order valence-electron chi connectivity index (χ1n) is 9.26. The number of nitrogens with one attached hydrogen (secondary N) is 1. The molecule has 1 aromatic carbocycles. The average Bonchev–Trinajstić information content (AvgIpc) is 3.23. The van der Waals surface area contributed by atoms with Crippen molar-refractivity contribution in [1.29, 1.82) is 5.26 Å². The van der Waals surface area contributed by atoms with Gasteiger partial charge in [0.2, 0.25) is 0 Å². The number of pyridine rings is 1. The summed E-state index contributed by atoms with van der Waals surface area (Å²) in [6.07, 6.45) is 6.42. The largest absolute Gasteiger partial charge is 0.451 e. The fraction of sp³-hybridized carbons (Fsp3) is 0.238. The van der Waals surface area contributed by atoms with Crippen LogP contribution >= 0.6 is 0 Å². The van der Waals surface area contributed by atoms with Crippen LogP contribution in [0.2, 0.25) is 0 Å². The number of benzene rings is 1. The lowest BCUT2D eigenvalue weighted by Gasteiger charge is -2.32. The number of ether oxygens (including phenoxy) is 1. The van der Waals surface area contributed by atoms with Crippen LogP contribution in [0.5, 0.6) is 11.5 Å². The van der Waals surface area contributed by atoms with Crippen molar-refractivity contribution in [2.45, 2.75) is 18.8 Å². The minimum absolute atomic E-state index is 0.0192. The number of amides is 1. The second kappa shape index (κ2) is 8.10. The van der Waals surface area contributed by atoms with Crippen molar-refractivity contribution in [3.05, 3.63) is 71.6 Å². The Morgan fingerprint density at radius 3 is 3.00 bits per heavy atom. The molecule has 0 spiro atoms. The Kier molecular flexibility index (Phi) is 5.20. The second-order valence-electron chi connectivity index (χ2n) is 6.83. The molecule has 3 aromatic rings. The SMILES string of the molecule is N#Cc1ccc(Oc2c[nH]nc2C2CCCN(C(=O)c3cccnc3)C2)c(F)c1. The highest BCUT2D eigenvalue weighted by Gasteiger charge is 2.29. The minimum atomic E-state index is -0.617. The van der Waals surface area contributed by atoms with E-state index < -0.39 is 5.82 Å². The number of carbonyl (C=O) groups excluding carboxylic acids is 1. The number of likely N-dealkylation sites (tertiary alicyclic amines) is 1. The lowest BCUT2D eigenvalue weighted by Crippen LogP contribution is -2.39. The molecule has 0 bridgehead atoms. The van der Waals surface area contributed by atoms with Gasteiger partial charge in [-0.15, -0.1) is 0 Å². The quantitative estimate of drug-likeness (QED) is 0.733. The van der Waals surface area contributed by atoms with E-state index in [9.17, 15) is 9.18 Å². The summed E-state index contributed by atoms with van der Waals surface area (Å²) >= 11 is 0. The highest BCUT2D eigenvalue weighted by molar-refractivity contribution is 5.94. The van der Waals surface area contributed by atoms with E-state index in [1.807, 2.05) is 6.07 Å². The van der Waals surface area contributed by atoms with E-state index in [2.05, 4.69) is 15.2 Å². The minimum Gasteiger partial charge on any atom is -0.451 e. The Balaban J connectivity index is 1.52. The molecule has 146 valence electrons. The van der Waals surface area contributed by atoms with E-state index in [1.165, 1.54) is 12.1 Å². The normalized spacial score (nSPS) is 16.3. The first kappa shape index (κ1) is 18.6. The first-order chi connectivity index (χ1) is 14.2. The Bertz CT molecular complexity index is 1060. The Morgan fingerprint density at radius 2 is 2.24 bits per heavy atom. The zero-order chi connectivity index (χ0) is 20.2. The van der Waals surface area contributed by atoms with Gasteiger partial charge in [-0.3, -0.25) is 14.9 Å². The fourth-order valence-corrected chi connectivity index (χ4v) is 3.49. The van der Waals surface area contributed by atoms with Crippen LogP contribution in [0.4, 0.5) is 4.39 Å². The molecular weight excluding hydrogens is 373 g/mol. The van der Waals surface area contributed by atoms with Gasteiger partial charge in [0, 0.05) is 31.4 Å². The molecule has 1 N–H and O–H groups in total. The van der Waals surface area contributed by atoms with Crippen molar-refractivity contribution >= 4 is 5.91 Å². The van der Waals surface area contributed by atoms with E-state index in [0.717, 1.165) is 18.9 Å². The van der Waals surface area contributed by atoms with Crippen LogP contribution < -0.4 is 4.74 Å². The number of hydrogen-bond acceptors (Lipinski definition) is 5. The molecule has 1 atom stereocenters. The highest BCUT2D eigenvalue weighted by Crippen LogP contribution is 2.35. The molecular formula is C21H18FN5O2. The number of nitriles is 1. The predicted octanol–water partition coefficient (Wildman–Crippen LogP) is 3.63. The Morgan fingerprint density at radius 1 is 1.34 bits per heavy atom.